The van der Waals surface area contributed by atoms with Gasteiger partial charge >= 0.3 is 0 Å². The summed E-state index contributed by atoms with van der Waals surface area (Å²) in [5.41, 5.74) is 4.56. The van der Waals surface area contributed by atoms with Crippen LogP contribution in [0.25, 0.3) is 22.8 Å². The van der Waals surface area contributed by atoms with Crippen LogP contribution in [0.2, 0.25) is 0 Å². The number of benzene rings is 1. The first-order valence-corrected chi connectivity index (χ1v) is 7.01. The van der Waals surface area contributed by atoms with Crippen molar-refractivity contribution in [3.63, 3.8) is 0 Å². The van der Waals surface area contributed by atoms with Gasteiger partial charge in [0.2, 0.25) is 5.82 Å². The maximum absolute atomic E-state index is 8.88. The molecule has 2 aromatic heterocycles. The van der Waals surface area contributed by atoms with Crippen LogP contribution in [0.1, 0.15) is 16.7 Å². The molecule has 0 aliphatic carbocycles. The molecule has 0 saturated heterocycles. The first-order chi connectivity index (χ1) is 9.69. The van der Waals surface area contributed by atoms with Crippen LogP contribution in [0.3, 0.4) is 0 Å². The number of rotatable bonds is 2. The molecule has 5 heteroatoms. The molecular formula is C15H11N3OS. The Balaban J connectivity index is 2.03. The topological polar surface area (TPSA) is 62.7 Å². The Morgan fingerprint density at radius 3 is 2.65 bits per heavy atom. The van der Waals surface area contributed by atoms with E-state index in [4.69, 9.17) is 9.78 Å². The summed E-state index contributed by atoms with van der Waals surface area (Å²) in [6.45, 7) is 3.95. The largest absolute Gasteiger partial charge is 0.334 e. The molecule has 20 heavy (non-hydrogen) atoms. The third-order valence-corrected chi connectivity index (χ3v) is 3.97. The predicted octanol–water partition coefficient (Wildman–Crippen LogP) is 3.95. The Morgan fingerprint density at radius 1 is 1.15 bits per heavy atom. The Hall–Kier alpha value is -2.45. The Morgan fingerprint density at radius 2 is 2.00 bits per heavy atom. The summed E-state index contributed by atoms with van der Waals surface area (Å²) in [7, 11) is 0. The summed E-state index contributed by atoms with van der Waals surface area (Å²) in [6, 6.07) is 7.52. The van der Waals surface area contributed by atoms with Gasteiger partial charge in [-0.3, -0.25) is 0 Å². The van der Waals surface area contributed by atoms with Gasteiger partial charge in [0.05, 0.1) is 11.6 Å². The van der Waals surface area contributed by atoms with Crippen molar-refractivity contribution in [2.24, 2.45) is 0 Å². The molecule has 0 spiro atoms. The average molecular weight is 281 g/mol. The molecule has 2 heterocycles. The molecule has 0 bridgehead atoms. The number of aromatic nitrogens is 2. The number of aryl methyl sites for hydroxylation is 2. The lowest BCUT2D eigenvalue weighted by atomic mass is 10.1. The number of hydrogen-bond donors (Lipinski definition) is 0. The zero-order chi connectivity index (χ0) is 14.1. The normalized spacial score (nSPS) is 10.4. The highest BCUT2D eigenvalue weighted by molar-refractivity contribution is 7.08. The molecule has 4 nitrogen and oxygen atoms in total. The van der Waals surface area contributed by atoms with E-state index in [1.165, 1.54) is 0 Å². The van der Waals surface area contributed by atoms with E-state index < -0.39 is 0 Å². The lowest BCUT2D eigenvalue weighted by molar-refractivity contribution is 0.432. The van der Waals surface area contributed by atoms with Gasteiger partial charge in [-0.1, -0.05) is 5.16 Å². The Kier molecular flexibility index (Phi) is 3.09. The summed E-state index contributed by atoms with van der Waals surface area (Å²) >= 11 is 1.62. The molecule has 0 aliphatic rings. The lowest BCUT2D eigenvalue weighted by Gasteiger charge is -1.99. The maximum atomic E-state index is 8.88. The monoisotopic (exact) mass is 281 g/mol. The van der Waals surface area contributed by atoms with Crippen molar-refractivity contribution in [2.75, 3.05) is 0 Å². The zero-order valence-corrected chi connectivity index (χ0v) is 11.9. The molecule has 3 rings (SSSR count). The minimum atomic E-state index is 0.479. The van der Waals surface area contributed by atoms with Crippen LogP contribution < -0.4 is 0 Å². The average Bonchev–Trinajstić information content (AvgIpc) is 3.07. The predicted molar refractivity (Wildman–Crippen MR) is 77.2 cm³/mol. The van der Waals surface area contributed by atoms with Crippen LogP contribution in [0.4, 0.5) is 0 Å². The molecule has 0 saturated carbocycles. The van der Waals surface area contributed by atoms with E-state index in [2.05, 4.69) is 21.6 Å². The summed E-state index contributed by atoms with van der Waals surface area (Å²) in [5, 5.41) is 17.0. The molecule has 0 aliphatic heterocycles. The summed E-state index contributed by atoms with van der Waals surface area (Å²) in [4.78, 5) is 4.45. The van der Waals surface area contributed by atoms with E-state index >= 15 is 0 Å². The molecular weight excluding hydrogens is 270 g/mol. The molecule has 0 unspecified atom stereocenters. The van der Waals surface area contributed by atoms with Crippen molar-refractivity contribution in [3.05, 3.63) is 45.6 Å². The van der Waals surface area contributed by atoms with Crippen LogP contribution >= 0.6 is 11.3 Å². The number of nitrogens with zero attached hydrogens (tertiary/aromatic N) is 3. The van der Waals surface area contributed by atoms with Crippen molar-refractivity contribution in [1.82, 2.24) is 10.1 Å². The standard InChI is InChI=1S/C15H11N3OS/c1-9-5-11(6-16)3-4-12(9)15-17-14(18-19-15)13-8-20-7-10(13)2/h3-5,7-8H,1-2H3. The van der Waals surface area contributed by atoms with Gasteiger partial charge in [0.15, 0.2) is 0 Å². The summed E-state index contributed by atoms with van der Waals surface area (Å²) in [5.74, 6) is 1.08. The first-order valence-electron chi connectivity index (χ1n) is 6.07. The second-order valence-electron chi connectivity index (χ2n) is 4.53. The van der Waals surface area contributed by atoms with Gasteiger partial charge in [-0.2, -0.15) is 21.6 Å². The quantitative estimate of drug-likeness (QED) is 0.713. The first kappa shape index (κ1) is 12.6. The van der Waals surface area contributed by atoms with Crippen molar-refractivity contribution in [3.8, 4) is 28.9 Å². The highest BCUT2D eigenvalue weighted by atomic mass is 32.1. The van der Waals surface area contributed by atoms with Crippen molar-refractivity contribution < 1.29 is 4.52 Å². The van der Waals surface area contributed by atoms with Crippen molar-refractivity contribution in [2.45, 2.75) is 13.8 Å². The Bertz CT molecular complexity index is 811. The highest BCUT2D eigenvalue weighted by Crippen LogP contribution is 2.28. The molecule has 3 aromatic rings. The number of hydrogen-bond acceptors (Lipinski definition) is 5. The minimum Gasteiger partial charge on any atom is -0.334 e. The third kappa shape index (κ3) is 2.10. The molecule has 98 valence electrons. The van der Waals surface area contributed by atoms with Gasteiger partial charge in [-0.25, -0.2) is 0 Å². The van der Waals surface area contributed by atoms with E-state index in [0.717, 1.165) is 22.3 Å². The second kappa shape index (κ2) is 4.91. The summed E-state index contributed by atoms with van der Waals surface area (Å²) < 4.78 is 5.34. The highest BCUT2D eigenvalue weighted by Gasteiger charge is 2.14. The number of nitriles is 1. The molecule has 0 fully saturated rings. The van der Waals surface area contributed by atoms with Gasteiger partial charge < -0.3 is 4.52 Å². The third-order valence-electron chi connectivity index (χ3n) is 3.11. The van der Waals surface area contributed by atoms with Gasteiger partial charge in [-0.05, 0) is 48.6 Å². The van der Waals surface area contributed by atoms with E-state index in [-0.39, 0.29) is 0 Å². The van der Waals surface area contributed by atoms with E-state index in [9.17, 15) is 0 Å². The minimum absolute atomic E-state index is 0.479. The van der Waals surface area contributed by atoms with Crippen LogP contribution in [0.5, 0.6) is 0 Å². The fourth-order valence-electron chi connectivity index (χ4n) is 2.01. The van der Waals surface area contributed by atoms with E-state index in [0.29, 0.717) is 17.3 Å². The fourth-order valence-corrected chi connectivity index (χ4v) is 2.83. The fraction of sp³-hybridized carbons (Fsp3) is 0.133. The maximum Gasteiger partial charge on any atom is 0.258 e. The van der Waals surface area contributed by atoms with Crippen LogP contribution in [-0.4, -0.2) is 10.1 Å². The smallest absolute Gasteiger partial charge is 0.258 e. The van der Waals surface area contributed by atoms with Gasteiger partial charge in [0.25, 0.3) is 5.89 Å². The lowest BCUT2D eigenvalue weighted by Crippen LogP contribution is -1.86. The summed E-state index contributed by atoms with van der Waals surface area (Å²) in [6.07, 6.45) is 0. The van der Waals surface area contributed by atoms with Crippen LogP contribution in [0, 0.1) is 25.2 Å². The van der Waals surface area contributed by atoms with E-state index in [1.54, 1.807) is 17.4 Å². The zero-order valence-electron chi connectivity index (χ0n) is 11.0. The molecule has 1 aromatic carbocycles. The van der Waals surface area contributed by atoms with Crippen molar-refractivity contribution in [1.29, 1.82) is 5.26 Å². The van der Waals surface area contributed by atoms with E-state index in [1.807, 2.05) is 31.4 Å². The molecule has 0 atom stereocenters. The SMILES string of the molecule is Cc1cscc1-c1noc(-c2ccc(C#N)cc2C)n1. The Labute approximate surface area is 120 Å². The van der Waals surface area contributed by atoms with Gasteiger partial charge in [-0.15, -0.1) is 0 Å². The number of thiophene rings is 1. The van der Waals surface area contributed by atoms with Gasteiger partial charge in [0, 0.05) is 16.5 Å². The van der Waals surface area contributed by atoms with Crippen LogP contribution in [-0.2, 0) is 0 Å². The van der Waals surface area contributed by atoms with Crippen molar-refractivity contribution >= 4 is 11.3 Å². The molecule has 0 N–H and O–H groups in total. The van der Waals surface area contributed by atoms with Gasteiger partial charge in [0.1, 0.15) is 0 Å². The van der Waals surface area contributed by atoms with Crippen LogP contribution in [0.15, 0.2) is 33.5 Å². The second-order valence-corrected chi connectivity index (χ2v) is 5.28. The molecule has 0 radical (unpaired) electrons. The molecule has 0 amide bonds.